The number of nitriles is 3. The summed E-state index contributed by atoms with van der Waals surface area (Å²) in [7, 11) is -3.67. The summed E-state index contributed by atoms with van der Waals surface area (Å²) in [5.41, 5.74) is 0.773. The van der Waals surface area contributed by atoms with Gasteiger partial charge in [0.1, 0.15) is 11.6 Å². The SMILES string of the molecule is N#CCCN(CCC#N)c1nc(Nc2ccc(S(=O)(=O)NCC3CCCO3)cc2)ncc1C#N. The highest BCUT2D eigenvalue weighted by Crippen LogP contribution is 2.22. The van der Waals surface area contributed by atoms with Crippen LogP contribution in [0.2, 0.25) is 0 Å². The number of nitrogens with one attached hydrogen (secondary N) is 2. The number of rotatable bonds is 11. The average Bonchev–Trinajstić information content (AvgIpc) is 3.37. The molecule has 2 aromatic rings. The minimum atomic E-state index is -3.67. The zero-order valence-electron chi connectivity index (χ0n) is 18.4. The van der Waals surface area contributed by atoms with Gasteiger partial charge in [-0.3, -0.25) is 0 Å². The van der Waals surface area contributed by atoms with Crippen LogP contribution < -0.4 is 14.9 Å². The Balaban J connectivity index is 1.73. The van der Waals surface area contributed by atoms with Crippen LogP contribution >= 0.6 is 0 Å². The third-order valence-corrected chi connectivity index (χ3v) is 6.56. The number of anilines is 3. The third-order valence-electron chi connectivity index (χ3n) is 5.12. The normalized spacial score (nSPS) is 15.1. The molecule has 1 aliphatic rings. The van der Waals surface area contributed by atoms with Gasteiger partial charge in [-0.05, 0) is 37.1 Å². The lowest BCUT2D eigenvalue weighted by atomic mass is 10.2. The number of sulfonamides is 1. The van der Waals surface area contributed by atoms with Crippen LogP contribution in [0.15, 0.2) is 35.4 Å². The van der Waals surface area contributed by atoms with Gasteiger partial charge in [-0.25, -0.2) is 18.1 Å². The van der Waals surface area contributed by atoms with Gasteiger partial charge in [-0.15, -0.1) is 0 Å². The van der Waals surface area contributed by atoms with E-state index >= 15 is 0 Å². The van der Waals surface area contributed by atoms with Gasteiger partial charge in [0.2, 0.25) is 16.0 Å². The van der Waals surface area contributed by atoms with E-state index in [1.807, 2.05) is 6.07 Å². The molecule has 1 aliphatic heterocycles. The van der Waals surface area contributed by atoms with Crippen molar-refractivity contribution >= 4 is 27.5 Å². The number of hydrogen-bond acceptors (Lipinski definition) is 10. The molecule has 0 aliphatic carbocycles. The van der Waals surface area contributed by atoms with E-state index in [0.717, 1.165) is 12.8 Å². The smallest absolute Gasteiger partial charge is 0.240 e. The molecule has 0 bridgehead atoms. The highest BCUT2D eigenvalue weighted by molar-refractivity contribution is 7.89. The summed E-state index contributed by atoms with van der Waals surface area (Å²) >= 11 is 0. The molecule has 1 aromatic heterocycles. The van der Waals surface area contributed by atoms with Gasteiger partial charge < -0.3 is 15.0 Å². The molecule has 0 spiro atoms. The first kappa shape index (κ1) is 24.9. The van der Waals surface area contributed by atoms with Crippen LogP contribution in [0.3, 0.4) is 0 Å². The van der Waals surface area contributed by atoms with Crippen molar-refractivity contribution in [3.8, 4) is 18.2 Å². The van der Waals surface area contributed by atoms with Crippen LogP contribution in [-0.4, -0.2) is 50.7 Å². The first-order valence-corrected chi connectivity index (χ1v) is 12.2. The molecule has 176 valence electrons. The summed E-state index contributed by atoms with van der Waals surface area (Å²) in [6.07, 6.45) is 3.45. The fourth-order valence-corrected chi connectivity index (χ4v) is 4.45. The van der Waals surface area contributed by atoms with E-state index in [9.17, 15) is 13.7 Å². The largest absolute Gasteiger partial charge is 0.377 e. The standard InChI is InChI=1S/C22H24N8O3S/c23-9-2-11-30(12-3-10-24)21-17(14-25)15-26-22(29-21)28-18-5-7-20(8-6-18)34(31,32)27-16-19-4-1-13-33-19/h5-8,15,19,27H,1-4,11-13,16H2,(H,26,28,29). The highest BCUT2D eigenvalue weighted by atomic mass is 32.2. The van der Waals surface area contributed by atoms with Crippen LogP contribution in [-0.2, 0) is 14.8 Å². The minimum absolute atomic E-state index is 0.0978. The Bertz CT molecular complexity index is 1190. The first-order valence-electron chi connectivity index (χ1n) is 10.7. The molecule has 1 unspecified atom stereocenters. The number of ether oxygens (including phenoxy) is 1. The molecule has 34 heavy (non-hydrogen) atoms. The second-order valence-electron chi connectivity index (χ2n) is 7.48. The van der Waals surface area contributed by atoms with Crippen LogP contribution in [0, 0.1) is 34.0 Å². The Morgan fingerprint density at radius 2 is 1.82 bits per heavy atom. The molecule has 1 aromatic carbocycles. The zero-order valence-corrected chi connectivity index (χ0v) is 19.3. The van der Waals surface area contributed by atoms with Crippen molar-refractivity contribution < 1.29 is 13.2 Å². The van der Waals surface area contributed by atoms with E-state index in [0.29, 0.717) is 31.2 Å². The van der Waals surface area contributed by atoms with Crippen molar-refractivity contribution in [2.24, 2.45) is 0 Å². The van der Waals surface area contributed by atoms with Crippen LogP contribution in [0.5, 0.6) is 0 Å². The number of aromatic nitrogens is 2. The summed E-state index contributed by atoms with van der Waals surface area (Å²) < 4.78 is 33.1. The number of benzene rings is 1. The third kappa shape index (κ3) is 6.63. The molecule has 1 saturated heterocycles. The quantitative estimate of drug-likeness (QED) is 0.486. The van der Waals surface area contributed by atoms with Crippen molar-refractivity contribution in [3.63, 3.8) is 0 Å². The average molecular weight is 481 g/mol. The molecular weight excluding hydrogens is 456 g/mol. The Morgan fingerprint density at radius 3 is 2.41 bits per heavy atom. The molecule has 1 atom stereocenters. The molecule has 3 rings (SSSR count). The minimum Gasteiger partial charge on any atom is -0.377 e. The maximum atomic E-state index is 12.5. The van der Waals surface area contributed by atoms with Gasteiger partial charge in [0, 0.05) is 31.9 Å². The van der Waals surface area contributed by atoms with Gasteiger partial charge in [0.15, 0.2) is 5.82 Å². The predicted octanol–water partition coefficient (Wildman–Crippen LogP) is 2.18. The summed E-state index contributed by atoms with van der Waals surface area (Å²) in [5.74, 6) is 0.517. The fourth-order valence-electron chi connectivity index (χ4n) is 3.38. The van der Waals surface area contributed by atoms with E-state index in [2.05, 4.69) is 32.1 Å². The number of nitrogens with zero attached hydrogens (tertiary/aromatic N) is 6. The Morgan fingerprint density at radius 1 is 1.12 bits per heavy atom. The van der Waals surface area contributed by atoms with E-state index in [1.165, 1.54) is 18.3 Å². The van der Waals surface area contributed by atoms with Crippen molar-refractivity contribution in [1.29, 1.82) is 15.8 Å². The summed E-state index contributed by atoms with van der Waals surface area (Å²) in [6.45, 7) is 1.52. The zero-order chi connectivity index (χ0) is 24.4. The van der Waals surface area contributed by atoms with E-state index in [4.69, 9.17) is 15.3 Å². The van der Waals surface area contributed by atoms with Gasteiger partial charge in [-0.1, -0.05) is 0 Å². The maximum Gasteiger partial charge on any atom is 0.240 e. The van der Waals surface area contributed by atoms with Crippen LogP contribution in [0.1, 0.15) is 31.2 Å². The second-order valence-corrected chi connectivity index (χ2v) is 9.25. The van der Waals surface area contributed by atoms with E-state index in [-0.39, 0.29) is 41.9 Å². The summed E-state index contributed by atoms with van der Waals surface area (Å²) in [4.78, 5) is 10.4. The van der Waals surface area contributed by atoms with Crippen molar-refractivity contribution in [1.82, 2.24) is 14.7 Å². The predicted molar refractivity (Wildman–Crippen MR) is 123 cm³/mol. The molecule has 0 amide bonds. The van der Waals surface area contributed by atoms with Gasteiger partial charge >= 0.3 is 0 Å². The summed E-state index contributed by atoms with van der Waals surface area (Å²) in [5, 5.41) is 30.3. The monoisotopic (exact) mass is 480 g/mol. The lowest BCUT2D eigenvalue weighted by Gasteiger charge is -2.22. The second kappa shape index (κ2) is 11.9. The Hall–Kier alpha value is -3.76. The number of hydrogen-bond donors (Lipinski definition) is 2. The Kier molecular flexibility index (Phi) is 8.72. The van der Waals surface area contributed by atoms with Crippen LogP contribution in [0.4, 0.5) is 17.5 Å². The first-order chi connectivity index (χ1) is 16.5. The van der Waals surface area contributed by atoms with Crippen molar-refractivity contribution in [2.45, 2.75) is 36.7 Å². The van der Waals surface area contributed by atoms with Gasteiger partial charge in [0.05, 0.1) is 42.2 Å². The maximum absolute atomic E-state index is 12.5. The van der Waals surface area contributed by atoms with Crippen molar-refractivity contribution in [3.05, 3.63) is 36.0 Å². The molecule has 1 fully saturated rings. The van der Waals surface area contributed by atoms with Crippen molar-refractivity contribution in [2.75, 3.05) is 36.5 Å². The molecular formula is C22H24N8O3S. The topological polar surface area (TPSA) is 168 Å². The van der Waals surface area contributed by atoms with E-state index in [1.54, 1.807) is 17.0 Å². The van der Waals surface area contributed by atoms with Crippen LogP contribution in [0.25, 0.3) is 0 Å². The Labute approximate surface area is 198 Å². The fraction of sp³-hybridized carbons (Fsp3) is 0.409. The molecule has 12 heteroatoms. The molecule has 2 heterocycles. The van der Waals surface area contributed by atoms with Gasteiger partial charge in [-0.2, -0.15) is 20.8 Å². The lowest BCUT2D eigenvalue weighted by Crippen LogP contribution is -2.31. The molecule has 11 nitrogen and oxygen atoms in total. The van der Waals surface area contributed by atoms with Gasteiger partial charge in [0.25, 0.3) is 0 Å². The molecule has 0 saturated carbocycles. The lowest BCUT2D eigenvalue weighted by molar-refractivity contribution is 0.114. The highest BCUT2D eigenvalue weighted by Gasteiger charge is 2.20. The summed E-state index contributed by atoms with van der Waals surface area (Å²) in [6, 6.07) is 12.2. The van der Waals surface area contributed by atoms with E-state index < -0.39 is 10.0 Å². The molecule has 2 N–H and O–H groups in total. The molecule has 0 radical (unpaired) electrons.